The van der Waals surface area contributed by atoms with E-state index in [0.717, 1.165) is 22.9 Å². The summed E-state index contributed by atoms with van der Waals surface area (Å²) in [4.78, 5) is 4.36. The maximum atomic E-state index is 5.76. The molecule has 0 fully saturated rings. The van der Waals surface area contributed by atoms with E-state index in [1.165, 1.54) is 5.56 Å². The molecule has 2 aromatic rings. The van der Waals surface area contributed by atoms with E-state index in [0.29, 0.717) is 6.61 Å². The van der Waals surface area contributed by atoms with Crippen molar-refractivity contribution in [2.75, 3.05) is 0 Å². The predicted molar refractivity (Wildman–Crippen MR) is 75.0 cm³/mol. The summed E-state index contributed by atoms with van der Waals surface area (Å²) in [6, 6.07) is 8.28. The van der Waals surface area contributed by atoms with Crippen LogP contribution in [0.3, 0.4) is 0 Å². The molecule has 1 aromatic carbocycles. The molecule has 0 saturated carbocycles. The summed E-state index contributed by atoms with van der Waals surface area (Å²) in [6.07, 6.45) is 0.895. The van der Waals surface area contributed by atoms with Crippen LogP contribution in [0.25, 0.3) is 0 Å². The summed E-state index contributed by atoms with van der Waals surface area (Å²) < 4.78 is 5.68. The van der Waals surface area contributed by atoms with Gasteiger partial charge in [-0.2, -0.15) is 0 Å². The van der Waals surface area contributed by atoms with Crippen LogP contribution in [0.2, 0.25) is 0 Å². The van der Waals surface area contributed by atoms with Gasteiger partial charge in [0.1, 0.15) is 17.4 Å². The van der Waals surface area contributed by atoms with Crippen LogP contribution >= 0.6 is 11.3 Å². The molecule has 1 atom stereocenters. The Balaban J connectivity index is 1.90. The number of ether oxygens (including phenoxy) is 1. The molecular weight excluding hydrogens is 244 g/mol. The van der Waals surface area contributed by atoms with E-state index >= 15 is 0 Å². The van der Waals surface area contributed by atoms with Gasteiger partial charge in [0.15, 0.2) is 0 Å². The fourth-order valence-electron chi connectivity index (χ4n) is 1.71. The van der Waals surface area contributed by atoms with Gasteiger partial charge in [-0.1, -0.05) is 12.1 Å². The van der Waals surface area contributed by atoms with Gasteiger partial charge < -0.3 is 10.5 Å². The van der Waals surface area contributed by atoms with Crippen LogP contribution in [0.1, 0.15) is 23.2 Å². The topological polar surface area (TPSA) is 48.1 Å². The third-order valence-corrected chi connectivity index (χ3v) is 3.45. The highest BCUT2D eigenvalue weighted by molar-refractivity contribution is 7.09. The number of aromatic nitrogens is 1. The molecule has 2 N–H and O–H groups in total. The summed E-state index contributed by atoms with van der Waals surface area (Å²) >= 11 is 1.63. The Morgan fingerprint density at radius 3 is 2.61 bits per heavy atom. The van der Waals surface area contributed by atoms with Crippen molar-refractivity contribution in [2.24, 2.45) is 5.73 Å². The Hall–Kier alpha value is -1.39. The molecule has 0 spiro atoms. The Morgan fingerprint density at radius 2 is 2.06 bits per heavy atom. The summed E-state index contributed by atoms with van der Waals surface area (Å²) in [5.41, 5.74) is 8.05. The minimum Gasteiger partial charge on any atom is -0.486 e. The Labute approximate surface area is 112 Å². The maximum absolute atomic E-state index is 5.76. The number of aryl methyl sites for hydroxylation is 1. The molecular formula is C14H18N2OS. The highest BCUT2D eigenvalue weighted by Crippen LogP contribution is 2.16. The number of rotatable bonds is 5. The third-order valence-electron chi connectivity index (χ3n) is 2.51. The first kappa shape index (κ1) is 13.1. The fourth-order valence-corrected chi connectivity index (χ4v) is 2.39. The number of hydrogen-bond donors (Lipinski definition) is 1. The van der Waals surface area contributed by atoms with Gasteiger partial charge in [0.2, 0.25) is 0 Å². The quantitative estimate of drug-likeness (QED) is 0.901. The molecule has 0 radical (unpaired) electrons. The SMILES string of the molecule is Cc1csc(COc2ccc(CC(C)N)cc2)n1. The van der Waals surface area contributed by atoms with Crippen molar-refractivity contribution in [2.45, 2.75) is 32.9 Å². The van der Waals surface area contributed by atoms with Crippen molar-refractivity contribution in [1.29, 1.82) is 0 Å². The smallest absolute Gasteiger partial charge is 0.140 e. The first-order chi connectivity index (χ1) is 8.63. The maximum Gasteiger partial charge on any atom is 0.140 e. The molecule has 0 aliphatic heterocycles. The molecule has 3 nitrogen and oxygen atoms in total. The van der Waals surface area contributed by atoms with Gasteiger partial charge in [0.25, 0.3) is 0 Å². The zero-order chi connectivity index (χ0) is 13.0. The summed E-state index contributed by atoms with van der Waals surface area (Å²) in [6.45, 7) is 4.53. The molecule has 0 aliphatic rings. The van der Waals surface area contributed by atoms with Gasteiger partial charge in [0, 0.05) is 17.1 Å². The second kappa shape index (κ2) is 5.98. The molecule has 4 heteroatoms. The van der Waals surface area contributed by atoms with E-state index < -0.39 is 0 Å². The Bertz CT molecular complexity index is 491. The fraction of sp³-hybridized carbons (Fsp3) is 0.357. The Morgan fingerprint density at radius 1 is 1.33 bits per heavy atom. The van der Waals surface area contributed by atoms with Crippen molar-refractivity contribution >= 4 is 11.3 Å². The van der Waals surface area contributed by atoms with E-state index in [-0.39, 0.29) is 6.04 Å². The predicted octanol–water partition coefficient (Wildman–Crippen LogP) is 2.92. The molecule has 96 valence electrons. The van der Waals surface area contributed by atoms with Gasteiger partial charge in [0.05, 0.1) is 0 Å². The average Bonchev–Trinajstić information content (AvgIpc) is 2.74. The number of nitrogens with zero attached hydrogens (tertiary/aromatic N) is 1. The molecule has 1 heterocycles. The van der Waals surface area contributed by atoms with Crippen molar-refractivity contribution < 1.29 is 4.74 Å². The minimum atomic E-state index is 0.190. The molecule has 0 amide bonds. The largest absolute Gasteiger partial charge is 0.486 e. The van der Waals surface area contributed by atoms with Crippen LogP contribution in [-0.2, 0) is 13.0 Å². The van der Waals surface area contributed by atoms with Crippen LogP contribution in [0, 0.1) is 6.92 Å². The number of thiazole rings is 1. The zero-order valence-corrected chi connectivity index (χ0v) is 11.5. The van der Waals surface area contributed by atoms with Crippen LogP contribution in [0.15, 0.2) is 29.6 Å². The lowest BCUT2D eigenvalue weighted by Gasteiger charge is -2.07. The first-order valence-electron chi connectivity index (χ1n) is 6.02. The number of hydrogen-bond acceptors (Lipinski definition) is 4. The standard InChI is InChI=1S/C14H18N2OS/c1-10(15)7-12-3-5-13(6-4-12)17-8-14-16-11(2)9-18-14/h3-6,9-10H,7-8,15H2,1-2H3. The van der Waals surface area contributed by atoms with E-state index in [9.17, 15) is 0 Å². The third kappa shape index (κ3) is 3.82. The van der Waals surface area contributed by atoms with Crippen molar-refractivity contribution in [1.82, 2.24) is 4.98 Å². The first-order valence-corrected chi connectivity index (χ1v) is 6.90. The van der Waals surface area contributed by atoms with Crippen LogP contribution in [-0.4, -0.2) is 11.0 Å². The molecule has 0 saturated heterocycles. The second-order valence-electron chi connectivity index (χ2n) is 4.50. The monoisotopic (exact) mass is 262 g/mol. The number of nitrogens with two attached hydrogens (primary N) is 1. The van der Waals surface area contributed by atoms with Gasteiger partial charge in [-0.05, 0) is 38.0 Å². The lowest BCUT2D eigenvalue weighted by molar-refractivity contribution is 0.305. The highest BCUT2D eigenvalue weighted by atomic mass is 32.1. The zero-order valence-electron chi connectivity index (χ0n) is 10.7. The van der Waals surface area contributed by atoms with Crippen molar-refractivity contribution in [3.05, 3.63) is 45.9 Å². The normalized spacial score (nSPS) is 12.4. The van der Waals surface area contributed by atoms with E-state index in [1.54, 1.807) is 11.3 Å². The van der Waals surface area contributed by atoms with Gasteiger partial charge in [-0.15, -0.1) is 11.3 Å². The van der Waals surface area contributed by atoms with Crippen molar-refractivity contribution in [3.63, 3.8) is 0 Å². The average molecular weight is 262 g/mol. The van der Waals surface area contributed by atoms with E-state index in [1.807, 2.05) is 31.4 Å². The Kier molecular flexibility index (Phi) is 4.33. The van der Waals surface area contributed by atoms with E-state index in [4.69, 9.17) is 10.5 Å². The highest BCUT2D eigenvalue weighted by Gasteiger charge is 2.01. The van der Waals surface area contributed by atoms with Gasteiger partial charge in [-0.25, -0.2) is 4.98 Å². The molecule has 0 bridgehead atoms. The lowest BCUT2D eigenvalue weighted by Crippen LogP contribution is -2.17. The summed E-state index contributed by atoms with van der Waals surface area (Å²) in [7, 11) is 0. The van der Waals surface area contributed by atoms with E-state index in [2.05, 4.69) is 17.1 Å². The molecule has 1 unspecified atom stereocenters. The molecule has 1 aromatic heterocycles. The molecule has 2 rings (SSSR count). The number of benzene rings is 1. The van der Waals surface area contributed by atoms with Crippen LogP contribution in [0.5, 0.6) is 5.75 Å². The second-order valence-corrected chi connectivity index (χ2v) is 5.44. The molecule has 18 heavy (non-hydrogen) atoms. The summed E-state index contributed by atoms with van der Waals surface area (Å²) in [5.74, 6) is 0.872. The van der Waals surface area contributed by atoms with Crippen molar-refractivity contribution in [3.8, 4) is 5.75 Å². The minimum absolute atomic E-state index is 0.190. The van der Waals surface area contributed by atoms with Crippen LogP contribution in [0.4, 0.5) is 0 Å². The van der Waals surface area contributed by atoms with Gasteiger partial charge >= 0.3 is 0 Å². The molecule has 0 aliphatic carbocycles. The van der Waals surface area contributed by atoms with Crippen LogP contribution < -0.4 is 10.5 Å². The lowest BCUT2D eigenvalue weighted by atomic mass is 10.1. The van der Waals surface area contributed by atoms with Gasteiger partial charge in [-0.3, -0.25) is 0 Å². The summed E-state index contributed by atoms with van der Waals surface area (Å²) in [5, 5.41) is 3.04.